The molecule has 0 saturated carbocycles. The first-order chi connectivity index (χ1) is 11.6. The molecule has 2 rings (SSSR count). The maximum Gasteiger partial charge on any atom is 0.328 e. The Bertz CT molecular complexity index is 716. The SMILES string of the molecule is COC(=O)C(CCSC)NC(=O)c1ccc(-c2ccccc2Cl)o1. The predicted molar refractivity (Wildman–Crippen MR) is 95.4 cm³/mol. The molecule has 1 unspecified atom stereocenters. The summed E-state index contributed by atoms with van der Waals surface area (Å²) in [7, 11) is 1.29. The standard InChI is InChI=1S/C17H18ClNO4S/c1-22-17(21)13(9-10-24-2)19-16(20)15-8-7-14(23-15)11-5-3-4-6-12(11)18/h3-8,13H,9-10H2,1-2H3,(H,19,20). The third-order valence-electron chi connectivity index (χ3n) is 3.37. The number of ether oxygens (including phenoxy) is 1. The van der Waals surface area contributed by atoms with Gasteiger partial charge >= 0.3 is 5.97 Å². The summed E-state index contributed by atoms with van der Waals surface area (Å²) >= 11 is 7.71. The number of methoxy groups -OCH3 is 1. The van der Waals surface area contributed by atoms with Crippen molar-refractivity contribution in [2.45, 2.75) is 12.5 Å². The molecule has 0 spiro atoms. The average Bonchev–Trinajstić information content (AvgIpc) is 3.08. The Hall–Kier alpha value is -1.92. The molecule has 1 atom stereocenters. The minimum absolute atomic E-state index is 0.114. The quantitative estimate of drug-likeness (QED) is 0.757. The van der Waals surface area contributed by atoms with Crippen molar-refractivity contribution in [3.8, 4) is 11.3 Å². The van der Waals surface area contributed by atoms with Crippen molar-refractivity contribution in [2.24, 2.45) is 0 Å². The second kappa shape index (κ2) is 8.80. The van der Waals surface area contributed by atoms with Crippen LogP contribution < -0.4 is 5.32 Å². The number of esters is 1. The normalized spacial score (nSPS) is 11.8. The third kappa shape index (κ3) is 4.55. The van der Waals surface area contributed by atoms with Crippen molar-refractivity contribution >= 4 is 35.2 Å². The number of nitrogens with one attached hydrogen (secondary N) is 1. The van der Waals surface area contributed by atoms with E-state index in [9.17, 15) is 9.59 Å². The van der Waals surface area contributed by atoms with Gasteiger partial charge in [-0.15, -0.1) is 0 Å². The predicted octanol–water partition coefficient (Wildman–Crippen LogP) is 3.62. The van der Waals surface area contributed by atoms with E-state index in [0.29, 0.717) is 22.8 Å². The van der Waals surface area contributed by atoms with E-state index >= 15 is 0 Å². The summed E-state index contributed by atoms with van der Waals surface area (Å²) in [5.41, 5.74) is 0.699. The van der Waals surface area contributed by atoms with Gasteiger partial charge in [0.1, 0.15) is 11.8 Å². The van der Waals surface area contributed by atoms with Crippen molar-refractivity contribution in [1.29, 1.82) is 0 Å². The van der Waals surface area contributed by atoms with Crippen LogP contribution in [0.3, 0.4) is 0 Å². The van der Waals surface area contributed by atoms with E-state index in [1.165, 1.54) is 7.11 Å². The van der Waals surface area contributed by atoms with Crippen LogP contribution in [0.4, 0.5) is 0 Å². The van der Waals surface area contributed by atoms with E-state index in [1.807, 2.05) is 18.4 Å². The fraction of sp³-hybridized carbons (Fsp3) is 0.294. The number of carbonyl (C=O) groups excluding carboxylic acids is 2. The molecule has 5 nitrogen and oxygen atoms in total. The maximum atomic E-state index is 12.3. The molecule has 1 aromatic carbocycles. The van der Waals surface area contributed by atoms with Gasteiger partial charge < -0.3 is 14.5 Å². The first kappa shape index (κ1) is 18.4. The van der Waals surface area contributed by atoms with Gasteiger partial charge in [0.05, 0.1) is 12.1 Å². The van der Waals surface area contributed by atoms with Gasteiger partial charge in [-0.2, -0.15) is 11.8 Å². The van der Waals surface area contributed by atoms with Gasteiger partial charge in [0.25, 0.3) is 5.91 Å². The lowest BCUT2D eigenvalue weighted by Crippen LogP contribution is -2.41. The van der Waals surface area contributed by atoms with Crippen molar-refractivity contribution in [3.63, 3.8) is 0 Å². The van der Waals surface area contributed by atoms with Gasteiger partial charge in [0, 0.05) is 5.56 Å². The average molecular weight is 368 g/mol. The largest absolute Gasteiger partial charge is 0.467 e. The molecule has 24 heavy (non-hydrogen) atoms. The molecule has 0 fully saturated rings. The highest BCUT2D eigenvalue weighted by atomic mass is 35.5. The molecule has 7 heteroatoms. The van der Waals surface area contributed by atoms with E-state index < -0.39 is 17.9 Å². The van der Waals surface area contributed by atoms with E-state index in [1.54, 1.807) is 36.0 Å². The Morgan fingerprint density at radius 1 is 1.29 bits per heavy atom. The molecular formula is C17H18ClNO4S. The van der Waals surface area contributed by atoms with Crippen LogP contribution in [-0.4, -0.2) is 37.0 Å². The molecule has 0 saturated heterocycles. The molecule has 2 aromatic rings. The van der Waals surface area contributed by atoms with Crippen LogP contribution >= 0.6 is 23.4 Å². The highest BCUT2D eigenvalue weighted by Crippen LogP contribution is 2.29. The number of halogens is 1. The minimum atomic E-state index is -0.705. The Morgan fingerprint density at radius 3 is 2.71 bits per heavy atom. The highest BCUT2D eigenvalue weighted by Gasteiger charge is 2.23. The van der Waals surface area contributed by atoms with E-state index in [4.69, 9.17) is 20.8 Å². The van der Waals surface area contributed by atoms with Crippen molar-refractivity contribution in [1.82, 2.24) is 5.32 Å². The van der Waals surface area contributed by atoms with Crippen molar-refractivity contribution < 1.29 is 18.7 Å². The van der Waals surface area contributed by atoms with Crippen LogP contribution in [0.15, 0.2) is 40.8 Å². The first-order valence-electron chi connectivity index (χ1n) is 7.29. The molecule has 1 amide bonds. The van der Waals surface area contributed by atoms with Gasteiger partial charge in [-0.3, -0.25) is 4.79 Å². The number of benzene rings is 1. The zero-order valence-corrected chi connectivity index (χ0v) is 14.9. The summed E-state index contributed by atoms with van der Waals surface area (Å²) in [5, 5.41) is 3.18. The Balaban J connectivity index is 2.12. The van der Waals surface area contributed by atoms with Gasteiger partial charge in [-0.25, -0.2) is 4.79 Å². The lowest BCUT2D eigenvalue weighted by molar-refractivity contribution is -0.142. The second-order valence-corrected chi connectivity index (χ2v) is 6.37. The number of rotatable bonds is 7. The number of furan rings is 1. The van der Waals surface area contributed by atoms with Crippen LogP contribution in [-0.2, 0) is 9.53 Å². The summed E-state index contributed by atoms with van der Waals surface area (Å²) in [4.78, 5) is 24.1. The van der Waals surface area contributed by atoms with Crippen LogP contribution in [0.25, 0.3) is 11.3 Å². The Labute approximate surface area is 149 Å². The van der Waals surface area contributed by atoms with Crippen LogP contribution in [0.2, 0.25) is 5.02 Å². The molecular weight excluding hydrogens is 350 g/mol. The smallest absolute Gasteiger partial charge is 0.328 e. The van der Waals surface area contributed by atoms with Crippen LogP contribution in [0.5, 0.6) is 0 Å². The Kier molecular flexibility index (Phi) is 6.75. The Morgan fingerprint density at radius 2 is 2.04 bits per heavy atom. The van der Waals surface area contributed by atoms with Gasteiger partial charge in [-0.05, 0) is 42.7 Å². The molecule has 0 aliphatic rings. The maximum absolute atomic E-state index is 12.3. The lowest BCUT2D eigenvalue weighted by Gasteiger charge is -2.15. The zero-order chi connectivity index (χ0) is 17.5. The van der Waals surface area contributed by atoms with Crippen molar-refractivity contribution in [2.75, 3.05) is 19.1 Å². The van der Waals surface area contributed by atoms with Crippen LogP contribution in [0.1, 0.15) is 17.0 Å². The summed E-state index contributed by atoms with van der Waals surface area (Å²) in [6, 6.07) is 9.72. The second-order valence-electron chi connectivity index (χ2n) is 4.97. The zero-order valence-electron chi connectivity index (χ0n) is 13.4. The molecule has 128 valence electrons. The minimum Gasteiger partial charge on any atom is -0.467 e. The molecule has 0 radical (unpaired) electrons. The van der Waals surface area contributed by atoms with E-state index in [0.717, 1.165) is 5.75 Å². The number of hydrogen-bond donors (Lipinski definition) is 1. The van der Waals surface area contributed by atoms with E-state index in [2.05, 4.69) is 5.32 Å². The summed E-state index contributed by atoms with van der Waals surface area (Å²) < 4.78 is 10.3. The first-order valence-corrected chi connectivity index (χ1v) is 9.06. The summed E-state index contributed by atoms with van der Waals surface area (Å²) in [6.45, 7) is 0. The van der Waals surface area contributed by atoms with Gasteiger partial charge in [-0.1, -0.05) is 23.7 Å². The fourth-order valence-electron chi connectivity index (χ4n) is 2.12. The monoisotopic (exact) mass is 367 g/mol. The van der Waals surface area contributed by atoms with E-state index in [-0.39, 0.29) is 5.76 Å². The molecule has 0 aliphatic carbocycles. The topological polar surface area (TPSA) is 68.5 Å². The highest BCUT2D eigenvalue weighted by molar-refractivity contribution is 7.98. The summed E-state index contributed by atoms with van der Waals surface area (Å²) in [5.74, 6) is 0.385. The molecule has 1 N–H and O–H groups in total. The van der Waals surface area contributed by atoms with Crippen LogP contribution in [0, 0.1) is 0 Å². The fourth-order valence-corrected chi connectivity index (χ4v) is 2.82. The molecule has 0 aliphatic heterocycles. The summed E-state index contributed by atoms with van der Waals surface area (Å²) in [6.07, 6.45) is 2.41. The van der Waals surface area contributed by atoms with Gasteiger partial charge in [0.15, 0.2) is 5.76 Å². The number of amides is 1. The van der Waals surface area contributed by atoms with Crippen molar-refractivity contribution in [3.05, 3.63) is 47.2 Å². The van der Waals surface area contributed by atoms with Gasteiger partial charge in [0.2, 0.25) is 0 Å². The molecule has 1 heterocycles. The number of hydrogen-bond acceptors (Lipinski definition) is 5. The third-order valence-corrected chi connectivity index (χ3v) is 4.34. The molecule has 1 aromatic heterocycles. The number of carbonyl (C=O) groups is 2. The number of thioether (sulfide) groups is 1. The molecule has 0 bridgehead atoms. The lowest BCUT2D eigenvalue weighted by atomic mass is 10.2.